The molecule has 0 saturated carbocycles. The molecule has 3 nitrogen and oxygen atoms in total. The SMILES string of the molecule is CC(C)N(Cc1ccccc1)c1cc(N)cc(Br)n1. The van der Waals surface area contributed by atoms with Crippen LogP contribution in [0.15, 0.2) is 47.1 Å². The lowest BCUT2D eigenvalue weighted by molar-refractivity contribution is 0.672. The second-order valence-corrected chi connectivity index (χ2v) is 5.60. The highest BCUT2D eigenvalue weighted by molar-refractivity contribution is 9.10. The lowest BCUT2D eigenvalue weighted by Gasteiger charge is -2.28. The van der Waals surface area contributed by atoms with Crippen molar-refractivity contribution in [1.82, 2.24) is 4.98 Å². The zero-order chi connectivity index (χ0) is 13.8. The van der Waals surface area contributed by atoms with Crippen molar-refractivity contribution in [2.75, 3.05) is 10.6 Å². The molecule has 0 bridgehead atoms. The van der Waals surface area contributed by atoms with E-state index in [-0.39, 0.29) is 0 Å². The highest BCUT2D eigenvalue weighted by Crippen LogP contribution is 2.23. The molecule has 0 saturated heterocycles. The Morgan fingerprint density at radius 3 is 2.47 bits per heavy atom. The summed E-state index contributed by atoms with van der Waals surface area (Å²) in [7, 11) is 0. The highest BCUT2D eigenvalue weighted by Gasteiger charge is 2.13. The van der Waals surface area contributed by atoms with E-state index in [2.05, 4.69) is 63.9 Å². The Morgan fingerprint density at radius 2 is 1.89 bits per heavy atom. The van der Waals surface area contributed by atoms with Crippen molar-refractivity contribution in [3.63, 3.8) is 0 Å². The molecule has 1 heterocycles. The molecule has 0 aliphatic carbocycles. The second kappa shape index (κ2) is 6.06. The normalized spacial score (nSPS) is 10.7. The van der Waals surface area contributed by atoms with E-state index in [4.69, 9.17) is 5.73 Å². The Morgan fingerprint density at radius 1 is 1.21 bits per heavy atom. The minimum absolute atomic E-state index is 0.349. The molecule has 2 aromatic rings. The van der Waals surface area contributed by atoms with Gasteiger partial charge in [0.25, 0.3) is 0 Å². The number of benzene rings is 1. The summed E-state index contributed by atoms with van der Waals surface area (Å²) in [5.74, 6) is 0.894. The molecule has 0 fully saturated rings. The van der Waals surface area contributed by atoms with E-state index in [1.165, 1.54) is 5.56 Å². The van der Waals surface area contributed by atoms with Crippen molar-refractivity contribution in [3.8, 4) is 0 Å². The topological polar surface area (TPSA) is 42.1 Å². The maximum absolute atomic E-state index is 5.89. The quantitative estimate of drug-likeness (QED) is 0.870. The first-order chi connectivity index (χ1) is 9.06. The lowest BCUT2D eigenvalue weighted by Crippen LogP contribution is -2.31. The summed E-state index contributed by atoms with van der Waals surface area (Å²) < 4.78 is 0.765. The molecule has 1 aromatic carbocycles. The van der Waals surface area contributed by atoms with Gasteiger partial charge >= 0.3 is 0 Å². The van der Waals surface area contributed by atoms with Crippen molar-refractivity contribution in [2.24, 2.45) is 0 Å². The van der Waals surface area contributed by atoms with Gasteiger partial charge in [0, 0.05) is 24.3 Å². The van der Waals surface area contributed by atoms with Crippen molar-refractivity contribution in [2.45, 2.75) is 26.4 Å². The first-order valence-electron chi connectivity index (χ1n) is 6.30. The number of rotatable bonds is 4. The zero-order valence-electron chi connectivity index (χ0n) is 11.2. The number of hydrogen-bond acceptors (Lipinski definition) is 3. The molecule has 1 aromatic heterocycles. The van der Waals surface area contributed by atoms with Gasteiger partial charge in [-0.1, -0.05) is 30.3 Å². The molecule has 2 N–H and O–H groups in total. The Labute approximate surface area is 122 Å². The predicted molar refractivity (Wildman–Crippen MR) is 84.1 cm³/mol. The largest absolute Gasteiger partial charge is 0.399 e. The fraction of sp³-hybridized carbons (Fsp3) is 0.267. The summed E-state index contributed by atoms with van der Waals surface area (Å²) in [5.41, 5.74) is 7.87. The molecule has 2 rings (SSSR count). The highest BCUT2D eigenvalue weighted by atomic mass is 79.9. The van der Waals surface area contributed by atoms with Crippen LogP contribution in [0.25, 0.3) is 0 Å². The van der Waals surface area contributed by atoms with Crippen LogP contribution in [0.5, 0.6) is 0 Å². The monoisotopic (exact) mass is 319 g/mol. The van der Waals surface area contributed by atoms with Crippen molar-refractivity contribution < 1.29 is 0 Å². The maximum Gasteiger partial charge on any atom is 0.132 e. The van der Waals surface area contributed by atoms with E-state index in [0.29, 0.717) is 6.04 Å². The lowest BCUT2D eigenvalue weighted by atomic mass is 10.2. The minimum atomic E-state index is 0.349. The fourth-order valence-electron chi connectivity index (χ4n) is 1.96. The summed E-state index contributed by atoms with van der Waals surface area (Å²) in [6.45, 7) is 5.13. The van der Waals surface area contributed by atoms with Gasteiger partial charge in [0.1, 0.15) is 10.4 Å². The number of nitrogens with two attached hydrogens (primary N) is 1. The van der Waals surface area contributed by atoms with Gasteiger partial charge < -0.3 is 10.6 Å². The first kappa shape index (κ1) is 13.9. The van der Waals surface area contributed by atoms with E-state index in [1.807, 2.05) is 18.2 Å². The fourth-order valence-corrected chi connectivity index (χ4v) is 2.40. The third-order valence-corrected chi connectivity index (χ3v) is 3.32. The number of aromatic nitrogens is 1. The van der Waals surface area contributed by atoms with Crippen molar-refractivity contribution >= 4 is 27.4 Å². The molecule has 100 valence electrons. The van der Waals surface area contributed by atoms with Gasteiger partial charge in [0.15, 0.2) is 0 Å². The van der Waals surface area contributed by atoms with Crippen LogP contribution in [0, 0.1) is 0 Å². The third kappa shape index (κ3) is 3.70. The molecule has 0 unspecified atom stereocenters. The maximum atomic E-state index is 5.89. The van der Waals surface area contributed by atoms with E-state index < -0.39 is 0 Å². The van der Waals surface area contributed by atoms with Crippen LogP contribution >= 0.6 is 15.9 Å². The van der Waals surface area contributed by atoms with Crippen LogP contribution in [-0.2, 0) is 6.54 Å². The van der Waals surface area contributed by atoms with Crippen LogP contribution in [0.4, 0.5) is 11.5 Å². The molecule has 0 amide bonds. The minimum Gasteiger partial charge on any atom is -0.399 e. The third-order valence-electron chi connectivity index (χ3n) is 2.92. The Kier molecular flexibility index (Phi) is 4.43. The molecular formula is C15H18BrN3. The molecule has 0 atom stereocenters. The van der Waals surface area contributed by atoms with E-state index in [9.17, 15) is 0 Å². The number of nitrogen functional groups attached to an aromatic ring is 1. The van der Waals surface area contributed by atoms with Crippen LogP contribution in [0.2, 0.25) is 0 Å². The first-order valence-corrected chi connectivity index (χ1v) is 7.09. The Balaban J connectivity index is 2.30. The molecular weight excluding hydrogens is 302 g/mol. The molecule has 0 spiro atoms. The van der Waals surface area contributed by atoms with Gasteiger partial charge in [-0.05, 0) is 41.4 Å². The predicted octanol–water partition coefficient (Wildman–Crippen LogP) is 3.84. The summed E-state index contributed by atoms with van der Waals surface area (Å²) in [6, 6.07) is 14.4. The molecule has 0 radical (unpaired) electrons. The van der Waals surface area contributed by atoms with Crippen LogP contribution in [0.3, 0.4) is 0 Å². The molecule has 0 aliphatic heterocycles. The molecule has 0 aliphatic rings. The van der Waals surface area contributed by atoms with Gasteiger partial charge in [-0.3, -0.25) is 0 Å². The van der Waals surface area contributed by atoms with Gasteiger partial charge in [-0.15, -0.1) is 0 Å². The average molecular weight is 320 g/mol. The summed E-state index contributed by atoms with van der Waals surface area (Å²) in [5, 5.41) is 0. The summed E-state index contributed by atoms with van der Waals surface area (Å²) >= 11 is 3.40. The smallest absolute Gasteiger partial charge is 0.132 e. The van der Waals surface area contributed by atoms with E-state index in [0.717, 1.165) is 22.7 Å². The van der Waals surface area contributed by atoms with Crippen molar-refractivity contribution in [1.29, 1.82) is 0 Å². The standard InChI is InChI=1S/C15H18BrN3/c1-11(2)19(10-12-6-4-3-5-7-12)15-9-13(17)8-14(16)18-15/h3-9,11H,10H2,1-2H3,(H2,17,18). The second-order valence-electron chi connectivity index (χ2n) is 4.79. The summed E-state index contributed by atoms with van der Waals surface area (Å²) in [6.07, 6.45) is 0. The number of halogens is 1. The van der Waals surface area contributed by atoms with Crippen LogP contribution in [0.1, 0.15) is 19.4 Å². The number of hydrogen-bond donors (Lipinski definition) is 1. The van der Waals surface area contributed by atoms with Gasteiger partial charge in [0.05, 0.1) is 0 Å². The Bertz CT molecular complexity index is 520. The van der Waals surface area contributed by atoms with E-state index >= 15 is 0 Å². The van der Waals surface area contributed by atoms with Gasteiger partial charge in [-0.2, -0.15) is 0 Å². The number of anilines is 2. The average Bonchev–Trinajstić information content (AvgIpc) is 2.35. The zero-order valence-corrected chi connectivity index (χ0v) is 12.8. The van der Waals surface area contributed by atoms with Crippen LogP contribution < -0.4 is 10.6 Å². The summed E-state index contributed by atoms with van der Waals surface area (Å²) in [4.78, 5) is 6.75. The van der Waals surface area contributed by atoms with Gasteiger partial charge in [-0.25, -0.2) is 4.98 Å². The Hall–Kier alpha value is -1.55. The van der Waals surface area contributed by atoms with Crippen molar-refractivity contribution in [3.05, 3.63) is 52.6 Å². The van der Waals surface area contributed by atoms with E-state index in [1.54, 1.807) is 0 Å². The molecule has 4 heteroatoms. The number of pyridine rings is 1. The van der Waals surface area contributed by atoms with Gasteiger partial charge in [0.2, 0.25) is 0 Å². The number of nitrogens with zero attached hydrogens (tertiary/aromatic N) is 2. The molecule has 19 heavy (non-hydrogen) atoms. The van der Waals surface area contributed by atoms with Crippen LogP contribution in [-0.4, -0.2) is 11.0 Å².